The predicted octanol–water partition coefficient (Wildman–Crippen LogP) is 2.50. The average Bonchev–Trinajstić information content (AvgIpc) is 2.62. The molecule has 0 amide bonds. The molecule has 0 saturated heterocycles. The van der Waals surface area contributed by atoms with E-state index in [1.165, 1.54) is 19.2 Å². The molecule has 0 aromatic heterocycles. The van der Waals surface area contributed by atoms with Gasteiger partial charge in [0.1, 0.15) is 0 Å². The molecular formula is C12H12F2O4. The zero-order chi connectivity index (χ0) is 13.2. The fourth-order valence-electron chi connectivity index (χ4n) is 1.69. The molecule has 6 heteroatoms. The van der Waals surface area contributed by atoms with Gasteiger partial charge in [0.05, 0.1) is 7.11 Å². The molecule has 0 atom stereocenters. The first-order chi connectivity index (χ1) is 8.50. The maximum absolute atomic E-state index is 12.8. The molecule has 1 aliphatic rings. The van der Waals surface area contributed by atoms with E-state index in [2.05, 4.69) is 14.2 Å². The predicted molar refractivity (Wildman–Crippen MR) is 57.6 cm³/mol. The van der Waals surface area contributed by atoms with Crippen LogP contribution in [0.2, 0.25) is 0 Å². The van der Waals surface area contributed by atoms with Gasteiger partial charge in [-0.05, 0) is 30.5 Å². The molecule has 1 aromatic carbocycles. The summed E-state index contributed by atoms with van der Waals surface area (Å²) in [5, 5.41) is 0. The number of esters is 1. The molecule has 0 aliphatic carbocycles. The molecule has 18 heavy (non-hydrogen) atoms. The Morgan fingerprint density at radius 3 is 2.78 bits per heavy atom. The van der Waals surface area contributed by atoms with Crippen LogP contribution in [0.1, 0.15) is 18.4 Å². The largest absolute Gasteiger partial charge is 0.586 e. The standard InChI is InChI=1S/C12H12F2O4/c1-16-11(15)4-2-3-8-5-6-9-10(7-8)18-12(13,14)17-9/h5-7H,2-4H2,1H3. The van der Waals surface area contributed by atoms with Crippen LogP contribution in [0.4, 0.5) is 8.78 Å². The minimum atomic E-state index is -3.59. The fourth-order valence-corrected chi connectivity index (χ4v) is 1.69. The third-order valence-electron chi connectivity index (χ3n) is 2.54. The van der Waals surface area contributed by atoms with Crippen LogP contribution in [-0.2, 0) is 16.0 Å². The van der Waals surface area contributed by atoms with Crippen molar-refractivity contribution < 1.29 is 27.8 Å². The smallest absolute Gasteiger partial charge is 0.469 e. The van der Waals surface area contributed by atoms with Crippen LogP contribution in [0.3, 0.4) is 0 Å². The van der Waals surface area contributed by atoms with Crippen molar-refractivity contribution in [1.29, 1.82) is 0 Å². The van der Waals surface area contributed by atoms with Crippen LogP contribution in [0.15, 0.2) is 18.2 Å². The van der Waals surface area contributed by atoms with Crippen molar-refractivity contribution in [2.75, 3.05) is 7.11 Å². The maximum Gasteiger partial charge on any atom is 0.586 e. The molecule has 0 bridgehead atoms. The normalized spacial score (nSPS) is 15.5. The number of benzene rings is 1. The van der Waals surface area contributed by atoms with Gasteiger partial charge in [-0.2, -0.15) is 0 Å². The zero-order valence-electron chi connectivity index (χ0n) is 9.74. The summed E-state index contributed by atoms with van der Waals surface area (Å²) < 4.78 is 38.7. The molecule has 0 radical (unpaired) electrons. The van der Waals surface area contributed by atoms with Gasteiger partial charge >= 0.3 is 12.3 Å². The highest BCUT2D eigenvalue weighted by Gasteiger charge is 2.43. The van der Waals surface area contributed by atoms with Gasteiger partial charge in [0.15, 0.2) is 11.5 Å². The van der Waals surface area contributed by atoms with E-state index in [0.29, 0.717) is 19.3 Å². The molecular weight excluding hydrogens is 246 g/mol. The van der Waals surface area contributed by atoms with Crippen molar-refractivity contribution in [3.63, 3.8) is 0 Å². The minimum absolute atomic E-state index is 0.0237. The summed E-state index contributed by atoms with van der Waals surface area (Å²) in [6, 6.07) is 4.60. The van der Waals surface area contributed by atoms with E-state index in [-0.39, 0.29) is 17.5 Å². The second-order valence-electron chi connectivity index (χ2n) is 3.88. The average molecular weight is 258 g/mol. The maximum atomic E-state index is 12.8. The van der Waals surface area contributed by atoms with Crippen molar-refractivity contribution in [3.05, 3.63) is 23.8 Å². The van der Waals surface area contributed by atoms with E-state index in [9.17, 15) is 13.6 Å². The second kappa shape index (κ2) is 4.80. The summed E-state index contributed by atoms with van der Waals surface area (Å²) >= 11 is 0. The quantitative estimate of drug-likeness (QED) is 0.778. The lowest BCUT2D eigenvalue weighted by Crippen LogP contribution is -2.25. The Hall–Kier alpha value is -1.85. The topological polar surface area (TPSA) is 44.8 Å². The SMILES string of the molecule is COC(=O)CCCc1ccc2c(c1)OC(F)(F)O2. The van der Waals surface area contributed by atoms with E-state index >= 15 is 0 Å². The molecule has 0 fully saturated rings. The molecule has 1 aromatic rings. The van der Waals surface area contributed by atoms with E-state index in [1.807, 2.05) is 0 Å². The molecule has 0 N–H and O–H groups in total. The number of aryl methyl sites for hydroxylation is 1. The van der Waals surface area contributed by atoms with E-state index in [4.69, 9.17) is 0 Å². The third-order valence-corrected chi connectivity index (χ3v) is 2.54. The van der Waals surface area contributed by atoms with Crippen molar-refractivity contribution in [3.8, 4) is 11.5 Å². The first kappa shape index (κ1) is 12.6. The van der Waals surface area contributed by atoms with E-state index in [1.54, 1.807) is 6.07 Å². The van der Waals surface area contributed by atoms with Gasteiger partial charge in [-0.15, -0.1) is 8.78 Å². The third kappa shape index (κ3) is 2.88. The number of fused-ring (bicyclic) bond motifs is 1. The summed E-state index contributed by atoms with van der Waals surface area (Å²) in [6.07, 6.45) is -2.13. The Labute approximate surface area is 102 Å². The van der Waals surface area contributed by atoms with Crippen LogP contribution < -0.4 is 9.47 Å². The fraction of sp³-hybridized carbons (Fsp3) is 0.417. The summed E-state index contributed by atoms with van der Waals surface area (Å²) in [6.45, 7) is 0. The van der Waals surface area contributed by atoms with Crippen LogP contribution in [0.5, 0.6) is 11.5 Å². The van der Waals surface area contributed by atoms with Crippen molar-refractivity contribution >= 4 is 5.97 Å². The Balaban J connectivity index is 1.95. The van der Waals surface area contributed by atoms with Gasteiger partial charge in [0.25, 0.3) is 0 Å². The van der Waals surface area contributed by atoms with Crippen molar-refractivity contribution in [2.24, 2.45) is 0 Å². The van der Waals surface area contributed by atoms with E-state index in [0.717, 1.165) is 5.56 Å². The number of alkyl halides is 2. The van der Waals surface area contributed by atoms with Gasteiger partial charge in [-0.3, -0.25) is 4.79 Å². The Morgan fingerprint density at radius 1 is 1.33 bits per heavy atom. The molecule has 0 unspecified atom stereocenters. The molecule has 4 nitrogen and oxygen atoms in total. The lowest BCUT2D eigenvalue weighted by atomic mass is 10.1. The number of carbonyl (C=O) groups excluding carboxylic acids is 1. The molecule has 2 rings (SSSR count). The highest BCUT2D eigenvalue weighted by atomic mass is 19.3. The minimum Gasteiger partial charge on any atom is -0.469 e. The highest BCUT2D eigenvalue weighted by Crippen LogP contribution is 2.41. The summed E-state index contributed by atoms with van der Waals surface area (Å²) in [5.74, 6) is -0.241. The number of hydrogen-bond donors (Lipinski definition) is 0. The van der Waals surface area contributed by atoms with Gasteiger partial charge in [0, 0.05) is 6.42 Å². The Bertz CT molecular complexity index is 459. The molecule has 0 spiro atoms. The van der Waals surface area contributed by atoms with Gasteiger partial charge in [-0.1, -0.05) is 6.07 Å². The first-order valence-corrected chi connectivity index (χ1v) is 5.46. The van der Waals surface area contributed by atoms with Gasteiger partial charge < -0.3 is 14.2 Å². The van der Waals surface area contributed by atoms with Crippen LogP contribution in [0, 0.1) is 0 Å². The number of rotatable bonds is 4. The summed E-state index contributed by atoms with van der Waals surface area (Å²) in [4.78, 5) is 10.9. The Morgan fingerprint density at radius 2 is 2.06 bits per heavy atom. The Kier molecular flexibility index (Phi) is 3.36. The monoisotopic (exact) mass is 258 g/mol. The lowest BCUT2D eigenvalue weighted by Gasteiger charge is -2.04. The molecule has 0 saturated carbocycles. The summed E-state index contributed by atoms with van der Waals surface area (Å²) in [7, 11) is 1.32. The number of methoxy groups -OCH3 is 1. The first-order valence-electron chi connectivity index (χ1n) is 5.46. The number of hydrogen-bond acceptors (Lipinski definition) is 4. The number of halogens is 2. The van der Waals surface area contributed by atoms with Gasteiger partial charge in [-0.25, -0.2) is 0 Å². The molecule has 1 heterocycles. The second-order valence-corrected chi connectivity index (χ2v) is 3.88. The highest BCUT2D eigenvalue weighted by molar-refractivity contribution is 5.69. The zero-order valence-corrected chi connectivity index (χ0v) is 9.74. The van der Waals surface area contributed by atoms with Crippen molar-refractivity contribution in [1.82, 2.24) is 0 Å². The number of ether oxygens (including phenoxy) is 3. The lowest BCUT2D eigenvalue weighted by molar-refractivity contribution is -0.286. The van der Waals surface area contributed by atoms with Gasteiger partial charge in [0.2, 0.25) is 0 Å². The summed E-state index contributed by atoms with van der Waals surface area (Å²) in [5.41, 5.74) is 0.805. The van der Waals surface area contributed by atoms with E-state index < -0.39 is 6.29 Å². The van der Waals surface area contributed by atoms with Crippen LogP contribution in [0.25, 0.3) is 0 Å². The van der Waals surface area contributed by atoms with Crippen LogP contribution >= 0.6 is 0 Å². The molecule has 98 valence electrons. The molecule has 1 aliphatic heterocycles. The van der Waals surface area contributed by atoms with Crippen LogP contribution in [-0.4, -0.2) is 19.4 Å². The van der Waals surface area contributed by atoms with Crippen molar-refractivity contribution in [2.45, 2.75) is 25.6 Å². The number of carbonyl (C=O) groups is 1.